The lowest BCUT2D eigenvalue weighted by atomic mass is 9.82. The molecule has 0 fully saturated rings. The van der Waals surface area contributed by atoms with E-state index in [9.17, 15) is 0 Å². The van der Waals surface area contributed by atoms with Crippen LogP contribution in [0.2, 0.25) is 0 Å². The Hall–Kier alpha value is -1.23. The van der Waals surface area contributed by atoms with Gasteiger partial charge in [-0.15, -0.1) is 0 Å². The average molecular weight is 252 g/mol. The zero-order valence-electron chi connectivity index (χ0n) is 10.8. The number of hydrogen-bond donors (Lipinski definition) is 2. The summed E-state index contributed by atoms with van der Waals surface area (Å²) in [5, 5.41) is 3.26. The molecule has 0 spiro atoms. The predicted molar refractivity (Wildman–Crippen MR) is 75.0 cm³/mol. The third-order valence-electron chi connectivity index (χ3n) is 2.99. The molecule has 1 heterocycles. The van der Waals surface area contributed by atoms with E-state index >= 15 is 0 Å². The van der Waals surface area contributed by atoms with Gasteiger partial charge in [-0.25, -0.2) is 9.97 Å². The third-order valence-corrected chi connectivity index (χ3v) is 3.18. The number of nitrogens with two attached hydrogens (primary N) is 1. The fraction of sp³-hybridized carbons (Fsp3) is 0.583. The second-order valence-corrected chi connectivity index (χ2v) is 5.71. The standard InChI is InChI=1S/C12H20N4S/c1-8(12(2,3)4)7-16-11-9(10(13)17)14-5-6-15-11/h5-6,8H,7H2,1-4H3,(H2,13,17)(H,15,16). The molecule has 1 aromatic heterocycles. The maximum Gasteiger partial charge on any atom is 0.155 e. The number of anilines is 1. The summed E-state index contributed by atoms with van der Waals surface area (Å²) in [6.07, 6.45) is 3.22. The van der Waals surface area contributed by atoms with Crippen molar-refractivity contribution in [2.75, 3.05) is 11.9 Å². The fourth-order valence-electron chi connectivity index (χ4n) is 1.20. The number of hydrogen-bond acceptors (Lipinski definition) is 4. The van der Waals surface area contributed by atoms with Crippen molar-refractivity contribution in [1.82, 2.24) is 9.97 Å². The molecule has 4 nitrogen and oxygen atoms in total. The smallest absolute Gasteiger partial charge is 0.155 e. The van der Waals surface area contributed by atoms with E-state index in [2.05, 4.69) is 43.0 Å². The highest BCUT2D eigenvalue weighted by atomic mass is 32.1. The van der Waals surface area contributed by atoms with Gasteiger partial charge in [0, 0.05) is 18.9 Å². The Bertz CT molecular complexity index is 398. The summed E-state index contributed by atoms with van der Waals surface area (Å²) in [7, 11) is 0. The van der Waals surface area contributed by atoms with E-state index in [0.717, 1.165) is 6.54 Å². The van der Waals surface area contributed by atoms with Gasteiger partial charge in [-0.05, 0) is 11.3 Å². The number of nitrogens with zero attached hydrogens (tertiary/aromatic N) is 2. The molecule has 0 saturated heterocycles. The first-order chi connectivity index (χ1) is 7.82. The van der Waals surface area contributed by atoms with Gasteiger partial charge in [-0.3, -0.25) is 0 Å². The molecule has 1 atom stereocenters. The number of aromatic nitrogens is 2. The molecule has 1 unspecified atom stereocenters. The van der Waals surface area contributed by atoms with E-state index in [-0.39, 0.29) is 10.4 Å². The number of nitrogens with one attached hydrogen (secondary N) is 1. The van der Waals surface area contributed by atoms with Crippen molar-refractivity contribution < 1.29 is 0 Å². The van der Waals surface area contributed by atoms with Crippen LogP contribution < -0.4 is 11.1 Å². The summed E-state index contributed by atoms with van der Waals surface area (Å²) in [6.45, 7) is 9.65. The maximum atomic E-state index is 5.60. The Morgan fingerprint density at radius 1 is 1.41 bits per heavy atom. The fourth-order valence-corrected chi connectivity index (χ4v) is 1.35. The molecular weight excluding hydrogens is 232 g/mol. The topological polar surface area (TPSA) is 63.8 Å². The normalized spacial score (nSPS) is 13.2. The first-order valence-corrected chi connectivity index (χ1v) is 6.08. The van der Waals surface area contributed by atoms with E-state index in [1.807, 2.05) is 0 Å². The first-order valence-electron chi connectivity index (χ1n) is 5.67. The van der Waals surface area contributed by atoms with Crippen LogP contribution in [0.3, 0.4) is 0 Å². The molecule has 0 saturated carbocycles. The van der Waals surface area contributed by atoms with Crippen LogP contribution in [0.25, 0.3) is 0 Å². The van der Waals surface area contributed by atoms with Crippen LogP contribution in [0.4, 0.5) is 5.82 Å². The maximum absolute atomic E-state index is 5.60. The average Bonchev–Trinajstić information content (AvgIpc) is 2.24. The minimum atomic E-state index is 0.249. The highest BCUT2D eigenvalue weighted by molar-refractivity contribution is 7.80. The largest absolute Gasteiger partial charge is 0.388 e. The minimum Gasteiger partial charge on any atom is -0.388 e. The predicted octanol–water partition coefficient (Wildman–Crippen LogP) is 2.20. The van der Waals surface area contributed by atoms with E-state index < -0.39 is 0 Å². The van der Waals surface area contributed by atoms with E-state index in [4.69, 9.17) is 18.0 Å². The van der Waals surface area contributed by atoms with Gasteiger partial charge in [-0.1, -0.05) is 39.9 Å². The lowest BCUT2D eigenvalue weighted by Crippen LogP contribution is -2.26. The van der Waals surface area contributed by atoms with Gasteiger partial charge in [0.25, 0.3) is 0 Å². The lowest BCUT2D eigenvalue weighted by Gasteiger charge is -2.27. The molecule has 0 aliphatic carbocycles. The van der Waals surface area contributed by atoms with Gasteiger partial charge >= 0.3 is 0 Å². The van der Waals surface area contributed by atoms with Crippen molar-refractivity contribution in [3.05, 3.63) is 18.1 Å². The zero-order valence-corrected chi connectivity index (χ0v) is 11.6. The Kier molecular flexibility index (Phi) is 4.40. The quantitative estimate of drug-likeness (QED) is 0.804. The molecule has 17 heavy (non-hydrogen) atoms. The Labute approximate surface area is 108 Å². The highest BCUT2D eigenvalue weighted by Crippen LogP contribution is 2.25. The second-order valence-electron chi connectivity index (χ2n) is 5.27. The summed E-state index contributed by atoms with van der Waals surface area (Å²) in [4.78, 5) is 8.61. The van der Waals surface area contributed by atoms with E-state index in [1.165, 1.54) is 0 Å². The van der Waals surface area contributed by atoms with Gasteiger partial charge in [0.2, 0.25) is 0 Å². The van der Waals surface area contributed by atoms with Crippen LogP contribution in [-0.4, -0.2) is 21.5 Å². The van der Waals surface area contributed by atoms with Crippen molar-refractivity contribution in [2.24, 2.45) is 17.1 Å². The van der Waals surface area contributed by atoms with Crippen molar-refractivity contribution in [3.8, 4) is 0 Å². The van der Waals surface area contributed by atoms with Crippen LogP contribution in [-0.2, 0) is 0 Å². The molecule has 0 bridgehead atoms. The molecule has 0 aliphatic heterocycles. The molecule has 5 heteroatoms. The Morgan fingerprint density at radius 3 is 2.53 bits per heavy atom. The molecule has 3 N–H and O–H groups in total. The summed E-state index contributed by atoms with van der Waals surface area (Å²) < 4.78 is 0. The van der Waals surface area contributed by atoms with Gasteiger partial charge in [0.05, 0.1) is 0 Å². The van der Waals surface area contributed by atoms with Crippen molar-refractivity contribution in [3.63, 3.8) is 0 Å². The van der Waals surface area contributed by atoms with Crippen molar-refractivity contribution in [2.45, 2.75) is 27.7 Å². The Balaban J connectivity index is 2.73. The summed E-state index contributed by atoms with van der Waals surface area (Å²) in [5.74, 6) is 1.17. The van der Waals surface area contributed by atoms with Gasteiger partial charge in [-0.2, -0.15) is 0 Å². The molecular formula is C12H20N4S. The summed E-state index contributed by atoms with van der Waals surface area (Å²) >= 11 is 4.94. The molecule has 94 valence electrons. The minimum absolute atomic E-state index is 0.249. The van der Waals surface area contributed by atoms with Crippen LogP contribution >= 0.6 is 12.2 Å². The molecule has 0 amide bonds. The zero-order chi connectivity index (χ0) is 13.1. The van der Waals surface area contributed by atoms with Crippen LogP contribution in [0, 0.1) is 11.3 Å². The number of rotatable bonds is 4. The summed E-state index contributed by atoms with van der Waals surface area (Å²) in [5.41, 5.74) is 6.40. The second kappa shape index (κ2) is 5.40. The van der Waals surface area contributed by atoms with Gasteiger partial charge in [0.1, 0.15) is 10.7 Å². The molecule has 1 aromatic rings. The summed E-state index contributed by atoms with van der Waals surface area (Å²) in [6, 6.07) is 0. The van der Waals surface area contributed by atoms with Crippen molar-refractivity contribution in [1.29, 1.82) is 0 Å². The molecule has 1 rings (SSSR count). The van der Waals surface area contributed by atoms with Crippen LogP contribution in [0.1, 0.15) is 33.4 Å². The third kappa shape index (κ3) is 3.93. The monoisotopic (exact) mass is 252 g/mol. The number of thiocarbonyl (C=S) groups is 1. The van der Waals surface area contributed by atoms with Crippen molar-refractivity contribution >= 4 is 23.0 Å². The lowest BCUT2D eigenvalue weighted by molar-refractivity contribution is 0.274. The first kappa shape index (κ1) is 13.8. The highest BCUT2D eigenvalue weighted by Gasteiger charge is 2.20. The molecule has 0 radical (unpaired) electrons. The van der Waals surface area contributed by atoms with Crippen LogP contribution in [0.5, 0.6) is 0 Å². The van der Waals surface area contributed by atoms with Gasteiger partial charge < -0.3 is 11.1 Å². The SMILES string of the molecule is CC(CNc1nccnc1C(N)=S)C(C)(C)C. The Morgan fingerprint density at radius 2 is 2.00 bits per heavy atom. The van der Waals surface area contributed by atoms with Crippen LogP contribution in [0.15, 0.2) is 12.4 Å². The van der Waals surface area contributed by atoms with Gasteiger partial charge in [0.15, 0.2) is 5.82 Å². The molecule has 0 aliphatic rings. The molecule has 0 aromatic carbocycles. The van der Waals surface area contributed by atoms with E-state index in [0.29, 0.717) is 17.4 Å². The van der Waals surface area contributed by atoms with E-state index in [1.54, 1.807) is 12.4 Å².